The molecule has 1 aliphatic heterocycles. The minimum atomic E-state index is 0.630. The van der Waals surface area contributed by atoms with Crippen molar-refractivity contribution in [2.45, 2.75) is 20.0 Å². The van der Waals surface area contributed by atoms with E-state index in [-0.39, 0.29) is 0 Å². The molecule has 0 unspecified atom stereocenters. The Morgan fingerprint density at radius 2 is 2.05 bits per heavy atom. The van der Waals surface area contributed by atoms with Gasteiger partial charge in [0.05, 0.1) is 6.54 Å². The summed E-state index contributed by atoms with van der Waals surface area (Å²) in [4.78, 5) is 2.15. The molecule has 1 heterocycles. The van der Waals surface area contributed by atoms with E-state index in [0.29, 0.717) is 6.61 Å². The summed E-state index contributed by atoms with van der Waals surface area (Å²) in [6, 6.07) is 10.3. The van der Waals surface area contributed by atoms with Crippen molar-refractivity contribution >= 4 is 0 Å². The summed E-state index contributed by atoms with van der Waals surface area (Å²) in [6.45, 7) is 3.60. The lowest BCUT2D eigenvalue weighted by atomic mass is 10.1. The summed E-state index contributed by atoms with van der Waals surface area (Å²) in [5, 5.41) is 0. The van der Waals surface area contributed by atoms with Crippen molar-refractivity contribution in [3.63, 3.8) is 0 Å². The molecule has 0 amide bonds. The van der Waals surface area contributed by atoms with Gasteiger partial charge in [-0.3, -0.25) is 0 Å². The fourth-order valence-electron chi connectivity index (χ4n) is 2.00. The number of allylic oxidation sites excluding steroid dienone is 4. The second-order valence-electron chi connectivity index (χ2n) is 4.74. The number of likely N-dealkylation sites (N-methyl/N-ethyl adjacent to an activating group) is 1. The molecular formula is C17H21NO. The molecule has 1 aromatic rings. The van der Waals surface area contributed by atoms with E-state index in [2.05, 4.69) is 55.4 Å². The lowest BCUT2D eigenvalue weighted by Gasteiger charge is -2.22. The van der Waals surface area contributed by atoms with E-state index in [9.17, 15) is 0 Å². The van der Waals surface area contributed by atoms with Crippen LogP contribution in [0.15, 0.2) is 66.1 Å². The number of nitrogens with zero attached hydrogens (tertiary/aromatic N) is 1. The first-order valence-electron chi connectivity index (χ1n) is 6.74. The summed E-state index contributed by atoms with van der Waals surface area (Å²) in [6.07, 6.45) is 9.61. The maximum Gasteiger partial charge on any atom is 0.116 e. The van der Waals surface area contributed by atoms with Gasteiger partial charge in [0.25, 0.3) is 0 Å². The molecule has 0 bridgehead atoms. The van der Waals surface area contributed by atoms with Crippen LogP contribution in [0.4, 0.5) is 0 Å². The third-order valence-electron chi connectivity index (χ3n) is 2.92. The number of ether oxygens (including phenoxy) is 1. The molecule has 100 valence electrons. The van der Waals surface area contributed by atoms with Gasteiger partial charge in [0.15, 0.2) is 0 Å². The van der Waals surface area contributed by atoms with Crippen molar-refractivity contribution < 1.29 is 4.74 Å². The molecule has 2 nitrogen and oxygen atoms in total. The topological polar surface area (TPSA) is 12.5 Å². The van der Waals surface area contributed by atoms with Gasteiger partial charge in [-0.05, 0) is 23.6 Å². The maximum atomic E-state index is 5.89. The van der Waals surface area contributed by atoms with Gasteiger partial charge in [-0.2, -0.15) is 0 Å². The lowest BCUT2D eigenvalue weighted by molar-refractivity contribution is 0.176. The van der Waals surface area contributed by atoms with Gasteiger partial charge in [0, 0.05) is 13.2 Å². The van der Waals surface area contributed by atoms with E-state index in [1.807, 2.05) is 18.2 Å². The predicted octanol–water partition coefficient (Wildman–Crippen LogP) is 3.88. The normalized spacial score (nSPS) is 15.4. The van der Waals surface area contributed by atoms with Crippen LogP contribution < -0.4 is 0 Å². The molecule has 19 heavy (non-hydrogen) atoms. The highest BCUT2D eigenvalue weighted by Crippen LogP contribution is 2.16. The Bertz CT molecular complexity index is 485. The zero-order chi connectivity index (χ0) is 13.5. The summed E-state index contributed by atoms with van der Waals surface area (Å²) >= 11 is 0. The maximum absolute atomic E-state index is 5.89. The Hall–Kier alpha value is -1.96. The smallest absolute Gasteiger partial charge is 0.116 e. The van der Waals surface area contributed by atoms with E-state index in [0.717, 1.165) is 18.7 Å². The van der Waals surface area contributed by atoms with Gasteiger partial charge in [-0.1, -0.05) is 49.4 Å². The molecule has 0 saturated carbocycles. The molecule has 0 atom stereocenters. The fraction of sp³-hybridized carbons (Fsp3) is 0.294. The Kier molecular flexibility index (Phi) is 4.85. The average molecular weight is 255 g/mol. The van der Waals surface area contributed by atoms with E-state index in [1.165, 1.54) is 11.1 Å². The second-order valence-corrected chi connectivity index (χ2v) is 4.74. The Labute approximate surface area is 115 Å². The van der Waals surface area contributed by atoms with Crippen LogP contribution in [-0.4, -0.2) is 18.5 Å². The van der Waals surface area contributed by atoms with Crippen LogP contribution in [0, 0.1) is 0 Å². The van der Waals surface area contributed by atoms with Gasteiger partial charge in [0.2, 0.25) is 0 Å². The van der Waals surface area contributed by atoms with Crippen molar-refractivity contribution in [3.8, 4) is 0 Å². The van der Waals surface area contributed by atoms with Crippen LogP contribution in [0.1, 0.15) is 18.9 Å². The van der Waals surface area contributed by atoms with E-state index in [1.54, 1.807) is 0 Å². The first kappa shape index (κ1) is 13.5. The molecule has 0 spiro atoms. The lowest BCUT2D eigenvalue weighted by Crippen LogP contribution is -2.19. The third kappa shape index (κ3) is 4.32. The summed E-state index contributed by atoms with van der Waals surface area (Å²) in [7, 11) is 2.07. The van der Waals surface area contributed by atoms with Crippen molar-refractivity contribution in [2.75, 3.05) is 13.6 Å². The van der Waals surface area contributed by atoms with Gasteiger partial charge < -0.3 is 9.64 Å². The van der Waals surface area contributed by atoms with Crippen molar-refractivity contribution in [1.82, 2.24) is 4.90 Å². The highest BCUT2D eigenvalue weighted by molar-refractivity contribution is 5.34. The fourth-order valence-corrected chi connectivity index (χ4v) is 2.00. The second kappa shape index (κ2) is 6.83. The van der Waals surface area contributed by atoms with Crippen LogP contribution in [0.25, 0.3) is 0 Å². The van der Waals surface area contributed by atoms with Gasteiger partial charge in [-0.25, -0.2) is 0 Å². The molecule has 2 rings (SSSR count). The molecule has 0 N–H and O–H groups in total. The number of hydrogen-bond donors (Lipinski definition) is 0. The van der Waals surface area contributed by atoms with E-state index < -0.39 is 0 Å². The van der Waals surface area contributed by atoms with Crippen molar-refractivity contribution in [1.29, 1.82) is 0 Å². The summed E-state index contributed by atoms with van der Waals surface area (Å²) in [5.41, 5.74) is 2.39. The first-order chi connectivity index (χ1) is 9.28. The molecule has 0 radical (unpaired) electrons. The minimum absolute atomic E-state index is 0.630. The van der Waals surface area contributed by atoms with Crippen molar-refractivity contribution in [3.05, 3.63) is 71.7 Å². The Morgan fingerprint density at radius 1 is 1.26 bits per heavy atom. The van der Waals surface area contributed by atoms with Crippen LogP contribution >= 0.6 is 0 Å². The number of rotatable bonds is 5. The summed E-state index contributed by atoms with van der Waals surface area (Å²) < 4.78 is 5.89. The van der Waals surface area contributed by atoms with E-state index in [4.69, 9.17) is 4.74 Å². The van der Waals surface area contributed by atoms with E-state index >= 15 is 0 Å². The minimum Gasteiger partial charge on any atom is -0.491 e. The zero-order valence-corrected chi connectivity index (χ0v) is 11.7. The Morgan fingerprint density at radius 3 is 2.79 bits per heavy atom. The number of hydrogen-bond acceptors (Lipinski definition) is 2. The predicted molar refractivity (Wildman–Crippen MR) is 79.5 cm³/mol. The van der Waals surface area contributed by atoms with Gasteiger partial charge in [-0.15, -0.1) is 0 Å². The average Bonchev–Trinajstić information content (AvgIpc) is 2.43. The molecule has 1 aromatic carbocycles. The molecule has 0 aromatic heterocycles. The van der Waals surface area contributed by atoms with Crippen LogP contribution in [0.3, 0.4) is 0 Å². The molecule has 0 fully saturated rings. The van der Waals surface area contributed by atoms with Gasteiger partial charge >= 0.3 is 0 Å². The largest absolute Gasteiger partial charge is 0.491 e. The quantitative estimate of drug-likeness (QED) is 0.791. The summed E-state index contributed by atoms with van der Waals surface area (Å²) in [5.74, 6) is 1.02. The standard InChI is InChI=1S/C17H21NO/c1-3-4-8-16-11-17(13-18(2)12-16)19-14-15-9-6-5-7-10-15/h4-12H,3,13-14H2,1-2H3/b8-4+. The van der Waals surface area contributed by atoms with Gasteiger partial charge in [0.1, 0.15) is 12.4 Å². The molecule has 0 saturated heterocycles. The van der Waals surface area contributed by atoms with Crippen molar-refractivity contribution in [2.24, 2.45) is 0 Å². The third-order valence-corrected chi connectivity index (χ3v) is 2.92. The van der Waals surface area contributed by atoms with Crippen LogP contribution in [-0.2, 0) is 11.3 Å². The Balaban J connectivity index is 1.98. The first-order valence-corrected chi connectivity index (χ1v) is 6.74. The molecular weight excluding hydrogens is 234 g/mol. The zero-order valence-electron chi connectivity index (χ0n) is 11.7. The highest BCUT2D eigenvalue weighted by atomic mass is 16.5. The molecule has 1 aliphatic rings. The van der Waals surface area contributed by atoms with Crippen LogP contribution in [0.5, 0.6) is 0 Å². The number of benzene rings is 1. The monoisotopic (exact) mass is 255 g/mol. The molecule has 2 heteroatoms. The van der Waals surface area contributed by atoms with Crippen LogP contribution in [0.2, 0.25) is 0 Å². The molecule has 0 aliphatic carbocycles. The SMILES string of the molecule is CC/C=C/C1=CN(C)CC(OCc2ccccc2)=C1. The highest BCUT2D eigenvalue weighted by Gasteiger charge is 2.08.